The van der Waals surface area contributed by atoms with E-state index >= 15 is 0 Å². The van der Waals surface area contributed by atoms with E-state index in [1.54, 1.807) is 6.92 Å². The van der Waals surface area contributed by atoms with Crippen LogP contribution in [-0.4, -0.2) is 23.5 Å². The molecule has 0 amide bonds. The van der Waals surface area contributed by atoms with Gasteiger partial charge in [-0.3, -0.25) is 4.79 Å². The second kappa shape index (κ2) is 5.10. The van der Waals surface area contributed by atoms with E-state index in [9.17, 15) is 14.7 Å². The van der Waals surface area contributed by atoms with Crippen molar-refractivity contribution in [3.05, 3.63) is 11.3 Å². The zero-order valence-electron chi connectivity index (χ0n) is 9.95. The summed E-state index contributed by atoms with van der Waals surface area (Å²) >= 11 is 0. The molecule has 2 aliphatic rings. The molecular formula is C10H13KO4. The van der Waals surface area contributed by atoms with Crippen LogP contribution in [0.2, 0.25) is 0 Å². The molecular weight excluding hydrogens is 223 g/mol. The van der Waals surface area contributed by atoms with Crippen LogP contribution in [0.5, 0.6) is 0 Å². The van der Waals surface area contributed by atoms with E-state index in [0.717, 1.165) is 6.42 Å². The summed E-state index contributed by atoms with van der Waals surface area (Å²) in [6, 6.07) is 0. The number of ether oxygens (including phenoxy) is 1. The molecule has 2 atom stereocenters. The van der Waals surface area contributed by atoms with Crippen LogP contribution in [0.15, 0.2) is 11.3 Å². The first kappa shape index (κ1) is 13.4. The first-order valence-corrected chi connectivity index (χ1v) is 4.78. The van der Waals surface area contributed by atoms with Gasteiger partial charge in [-0.25, -0.2) is 4.79 Å². The van der Waals surface area contributed by atoms with E-state index in [-0.39, 0.29) is 76.7 Å². The van der Waals surface area contributed by atoms with Crippen LogP contribution in [0.4, 0.5) is 0 Å². The molecule has 15 heavy (non-hydrogen) atoms. The number of aliphatic hydroxyl groups is 1. The van der Waals surface area contributed by atoms with Gasteiger partial charge in [0.15, 0.2) is 5.78 Å². The largest absolute Gasteiger partial charge is 1.00 e. The summed E-state index contributed by atoms with van der Waals surface area (Å²) in [4.78, 5) is 22.6. The van der Waals surface area contributed by atoms with Crippen molar-refractivity contribution in [2.24, 2.45) is 11.8 Å². The number of fused-ring (bicyclic) bond motifs is 1. The third kappa shape index (κ3) is 2.53. The summed E-state index contributed by atoms with van der Waals surface area (Å²) in [5, 5.41) is 9.44. The molecule has 5 heteroatoms. The standard InChI is InChI=1S/C10H12O4.K.H/c1-2-14-10(13)9(12)7-4-5-3-6(5)8(7)11;;/h5-6,12H,2-4H2,1H3;;/q;+1;-1/t5-,6-;;/m0../s1. The summed E-state index contributed by atoms with van der Waals surface area (Å²) in [5.74, 6) is -0.891. The SMILES string of the molecule is CCOC(=O)C(O)=C1C[C@@H]2C[C@@H]2C1=O.[H-].[K+]. The van der Waals surface area contributed by atoms with Crippen molar-refractivity contribution in [1.82, 2.24) is 0 Å². The molecule has 78 valence electrons. The zero-order valence-corrected chi connectivity index (χ0v) is 12.1. The Morgan fingerprint density at radius 2 is 2.33 bits per heavy atom. The predicted octanol–water partition coefficient (Wildman–Crippen LogP) is -1.91. The molecule has 4 nitrogen and oxygen atoms in total. The minimum atomic E-state index is -0.780. The molecule has 0 unspecified atom stereocenters. The van der Waals surface area contributed by atoms with Gasteiger partial charge in [-0.2, -0.15) is 0 Å². The Bertz CT molecular complexity index is 340. The summed E-state index contributed by atoms with van der Waals surface area (Å²) < 4.78 is 4.62. The number of allylic oxidation sites excluding steroid dienone is 1. The molecule has 2 aliphatic carbocycles. The average Bonchev–Trinajstić information content (AvgIpc) is 2.86. The smallest absolute Gasteiger partial charge is 1.00 e. The number of Topliss-reactive ketones (excluding diaryl/α,β-unsaturated/α-hetero) is 1. The molecule has 2 fully saturated rings. The maximum absolute atomic E-state index is 11.5. The van der Waals surface area contributed by atoms with Gasteiger partial charge in [0.05, 0.1) is 6.61 Å². The fourth-order valence-electron chi connectivity index (χ4n) is 1.92. The van der Waals surface area contributed by atoms with Crippen molar-refractivity contribution >= 4 is 11.8 Å². The quantitative estimate of drug-likeness (QED) is 0.263. The molecule has 1 N–H and O–H groups in total. The number of ketones is 1. The number of aliphatic hydroxyl groups excluding tert-OH is 1. The number of esters is 1. The first-order chi connectivity index (χ1) is 6.65. The summed E-state index contributed by atoms with van der Waals surface area (Å²) in [6.45, 7) is 1.86. The van der Waals surface area contributed by atoms with Crippen LogP contribution in [0.25, 0.3) is 0 Å². The Hall–Kier alpha value is 0.316. The normalized spacial score (nSPS) is 30.3. The fourth-order valence-corrected chi connectivity index (χ4v) is 1.92. The predicted molar refractivity (Wildman–Crippen MR) is 48.6 cm³/mol. The second-order valence-corrected chi connectivity index (χ2v) is 3.72. The van der Waals surface area contributed by atoms with Crippen LogP contribution in [-0.2, 0) is 14.3 Å². The van der Waals surface area contributed by atoms with Crippen molar-refractivity contribution in [2.75, 3.05) is 6.61 Å². The van der Waals surface area contributed by atoms with Crippen molar-refractivity contribution in [1.29, 1.82) is 0 Å². The van der Waals surface area contributed by atoms with E-state index in [1.165, 1.54) is 0 Å². The molecule has 2 rings (SSSR count). The third-order valence-electron chi connectivity index (χ3n) is 2.78. The summed E-state index contributed by atoms with van der Waals surface area (Å²) in [6.07, 6.45) is 1.45. The molecule has 0 heterocycles. The fraction of sp³-hybridized carbons (Fsp3) is 0.600. The Balaban J connectivity index is 0.00000112. The van der Waals surface area contributed by atoms with Gasteiger partial charge in [-0.1, -0.05) is 0 Å². The number of hydrogen-bond donors (Lipinski definition) is 1. The van der Waals surface area contributed by atoms with Gasteiger partial charge in [-0.15, -0.1) is 0 Å². The van der Waals surface area contributed by atoms with Crippen LogP contribution in [0.3, 0.4) is 0 Å². The van der Waals surface area contributed by atoms with Crippen molar-refractivity contribution in [3.63, 3.8) is 0 Å². The topological polar surface area (TPSA) is 63.6 Å². The molecule has 2 saturated carbocycles. The van der Waals surface area contributed by atoms with E-state index in [2.05, 4.69) is 4.74 Å². The number of rotatable bonds is 2. The van der Waals surface area contributed by atoms with Crippen molar-refractivity contribution < 1.29 is 72.2 Å². The Kier molecular flexibility index (Phi) is 4.55. The van der Waals surface area contributed by atoms with Crippen LogP contribution in [0, 0.1) is 11.8 Å². The third-order valence-corrected chi connectivity index (χ3v) is 2.78. The van der Waals surface area contributed by atoms with Gasteiger partial charge in [0.25, 0.3) is 0 Å². The second-order valence-electron chi connectivity index (χ2n) is 3.72. The van der Waals surface area contributed by atoms with Crippen LogP contribution < -0.4 is 51.4 Å². The molecule has 0 aliphatic heterocycles. The van der Waals surface area contributed by atoms with E-state index in [0.29, 0.717) is 12.3 Å². The minimum absolute atomic E-state index is 0. The van der Waals surface area contributed by atoms with Crippen molar-refractivity contribution in [2.45, 2.75) is 19.8 Å². The molecule has 0 saturated heterocycles. The average molecular weight is 236 g/mol. The first-order valence-electron chi connectivity index (χ1n) is 4.78. The summed E-state index contributed by atoms with van der Waals surface area (Å²) in [7, 11) is 0. The molecule has 0 aromatic carbocycles. The number of carbonyl (C=O) groups excluding carboxylic acids is 2. The summed E-state index contributed by atoms with van der Waals surface area (Å²) in [5.41, 5.74) is 0.268. The van der Waals surface area contributed by atoms with Gasteiger partial charge >= 0.3 is 57.4 Å². The van der Waals surface area contributed by atoms with Crippen molar-refractivity contribution in [3.8, 4) is 0 Å². The van der Waals surface area contributed by atoms with Gasteiger partial charge in [0.2, 0.25) is 5.76 Å². The molecule has 0 aromatic heterocycles. The molecule has 0 radical (unpaired) electrons. The number of carbonyl (C=O) groups is 2. The van der Waals surface area contributed by atoms with Gasteiger partial charge < -0.3 is 11.3 Å². The van der Waals surface area contributed by atoms with E-state index in [1.807, 2.05) is 0 Å². The molecule has 0 aromatic rings. The minimum Gasteiger partial charge on any atom is -1.00 e. The van der Waals surface area contributed by atoms with Gasteiger partial charge in [0, 0.05) is 11.5 Å². The van der Waals surface area contributed by atoms with E-state index in [4.69, 9.17) is 0 Å². The molecule has 0 spiro atoms. The number of hydrogen-bond acceptors (Lipinski definition) is 4. The van der Waals surface area contributed by atoms with Crippen LogP contribution >= 0.6 is 0 Å². The Morgan fingerprint density at radius 3 is 2.80 bits per heavy atom. The monoisotopic (exact) mass is 236 g/mol. The molecule has 0 bridgehead atoms. The maximum atomic E-state index is 11.5. The maximum Gasteiger partial charge on any atom is 1.00 e. The Morgan fingerprint density at radius 1 is 1.67 bits per heavy atom. The zero-order chi connectivity index (χ0) is 10.3. The van der Waals surface area contributed by atoms with Gasteiger partial charge in [0.1, 0.15) is 0 Å². The Labute approximate surface area is 132 Å². The van der Waals surface area contributed by atoms with Crippen LogP contribution in [0.1, 0.15) is 21.2 Å². The van der Waals surface area contributed by atoms with E-state index < -0.39 is 11.7 Å². The van der Waals surface area contributed by atoms with Gasteiger partial charge in [-0.05, 0) is 25.7 Å².